The molecule has 2 N–H and O–H groups in total. The molecule has 17 heavy (non-hydrogen) atoms. The Labute approximate surface area is 111 Å². The van der Waals surface area contributed by atoms with Gasteiger partial charge in [0.25, 0.3) is 0 Å². The van der Waals surface area contributed by atoms with Crippen LogP contribution in [-0.4, -0.2) is 42.7 Å². The van der Waals surface area contributed by atoms with Crippen molar-refractivity contribution < 1.29 is 0 Å². The average molecular weight is 257 g/mol. The van der Waals surface area contributed by atoms with Gasteiger partial charge in [0.05, 0.1) is 0 Å². The molecule has 1 aliphatic rings. The van der Waals surface area contributed by atoms with Crippen molar-refractivity contribution in [1.29, 1.82) is 0 Å². The third kappa shape index (κ3) is 4.43. The summed E-state index contributed by atoms with van der Waals surface area (Å²) in [5.74, 6) is 0.629. The van der Waals surface area contributed by atoms with E-state index in [-0.39, 0.29) is 0 Å². The van der Waals surface area contributed by atoms with Crippen LogP contribution in [0.2, 0.25) is 0 Å². The van der Waals surface area contributed by atoms with Crippen LogP contribution < -0.4 is 10.6 Å². The van der Waals surface area contributed by atoms with Crippen LogP contribution in [0.5, 0.6) is 0 Å². The minimum atomic E-state index is 0.309. The van der Waals surface area contributed by atoms with Gasteiger partial charge in [-0.3, -0.25) is 0 Å². The zero-order valence-corrected chi connectivity index (χ0v) is 12.5. The Kier molecular flexibility index (Phi) is 5.67. The van der Waals surface area contributed by atoms with E-state index in [1.54, 1.807) is 0 Å². The maximum absolute atomic E-state index is 5.30. The lowest BCUT2D eigenvalue weighted by molar-refractivity contribution is 0.161. The highest BCUT2D eigenvalue weighted by atomic mass is 32.1. The van der Waals surface area contributed by atoms with Crippen molar-refractivity contribution in [1.82, 2.24) is 15.5 Å². The van der Waals surface area contributed by atoms with Gasteiger partial charge in [0.15, 0.2) is 5.11 Å². The van der Waals surface area contributed by atoms with E-state index in [1.807, 2.05) is 0 Å². The van der Waals surface area contributed by atoms with Gasteiger partial charge in [-0.2, -0.15) is 0 Å². The van der Waals surface area contributed by atoms with Crippen molar-refractivity contribution in [2.24, 2.45) is 5.92 Å². The molecule has 1 saturated carbocycles. The molecule has 0 aromatic rings. The van der Waals surface area contributed by atoms with Crippen LogP contribution in [0.4, 0.5) is 0 Å². The van der Waals surface area contributed by atoms with Crippen LogP contribution >= 0.6 is 12.2 Å². The van der Waals surface area contributed by atoms with Gasteiger partial charge in [-0.1, -0.05) is 26.7 Å². The molecule has 0 amide bonds. The summed E-state index contributed by atoms with van der Waals surface area (Å²) in [4.78, 5) is 2.36. The molecule has 0 bridgehead atoms. The second kappa shape index (κ2) is 6.55. The number of likely N-dealkylation sites (N-methyl/N-ethyl adjacent to an activating group) is 1. The molecule has 1 rings (SSSR count). The molecule has 0 heterocycles. The van der Waals surface area contributed by atoms with E-state index < -0.39 is 0 Å². The number of nitrogens with one attached hydrogen (secondary N) is 2. The van der Waals surface area contributed by atoms with Crippen LogP contribution in [-0.2, 0) is 0 Å². The van der Waals surface area contributed by atoms with Crippen molar-refractivity contribution in [3.63, 3.8) is 0 Å². The predicted octanol–water partition coefficient (Wildman–Crippen LogP) is 1.98. The van der Waals surface area contributed by atoms with E-state index >= 15 is 0 Å². The first-order chi connectivity index (χ1) is 7.96. The van der Waals surface area contributed by atoms with E-state index in [9.17, 15) is 0 Å². The maximum atomic E-state index is 5.30. The SMILES string of the molecule is CC(C)CNC(=S)NCC1(N(C)C)CCCC1. The Balaban J connectivity index is 2.35. The largest absolute Gasteiger partial charge is 0.362 e. The normalized spacial score (nSPS) is 18.7. The van der Waals surface area contributed by atoms with Gasteiger partial charge < -0.3 is 15.5 Å². The lowest BCUT2D eigenvalue weighted by atomic mass is 9.96. The Morgan fingerprint density at radius 1 is 1.24 bits per heavy atom. The van der Waals surface area contributed by atoms with Crippen LogP contribution in [0.15, 0.2) is 0 Å². The molecule has 3 nitrogen and oxygen atoms in total. The fraction of sp³-hybridized carbons (Fsp3) is 0.923. The predicted molar refractivity (Wildman–Crippen MR) is 78.3 cm³/mol. The Bertz CT molecular complexity index is 245. The van der Waals surface area contributed by atoms with Gasteiger partial charge in [-0.15, -0.1) is 0 Å². The molecule has 0 saturated heterocycles. The third-order valence-electron chi connectivity index (χ3n) is 3.73. The zero-order valence-electron chi connectivity index (χ0n) is 11.7. The summed E-state index contributed by atoms with van der Waals surface area (Å²) >= 11 is 5.30. The second-order valence-corrected chi connectivity index (χ2v) is 6.19. The first-order valence-electron chi connectivity index (χ1n) is 6.65. The van der Waals surface area contributed by atoms with E-state index in [2.05, 4.69) is 43.5 Å². The van der Waals surface area contributed by atoms with Gasteiger partial charge >= 0.3 is 0 Å². The first kappa shape index (κ1) is 14.7. The Morgan fingerprint density at radius 2 is 1.82 bits per heavy atom. The highest BCUT2D eigenvalue weighted by Gasteiger charge is 2.35. The van der Waals surface area contributed by atoms with Crippen LogP contribution in [0.1, 0.15) is 39.5 Å². The molecule has 0 aliphatic heterocycles. The van der Waals surface area contributed by atoms with Gasteiger partial charge in [-0.05, 0) is 45.1 Å². The summed E-state index contributed by atoms with van der Waals surface area (Å²) in [6.45, 7) is 6.28. The molecule has 4 heteroatoms. The van der Waals surface area contributed by atoms with Crippen molar-refractivity contribution >= 4 is 17.3 Å². The molecule has 0 unspecified atom stereocenters. The highest BCUT2D eigenvalue weighted by Crippen LogP contribution is 2.32. The van der Waals surface area contributed by atoms with Crippen molar-refractivity contribution in [3.8, 4) is 0 Å². The van der Waals surface area contributed by atoms with Crippen LogP contribution in [0.3, 0.4) is 0 Å². The van der Waals surface area contributed by atoms with E-state index in [1.165, 1.54) is 25.7 Å². The molecule has 0 radical (unpaired) electrons. The summed E-state index contributed by atoms with van der Waals surface area (Å²) < 4.78 is 0. The molecular formula is C13H27N3S. The fourth-order valence-corrected chi connectivity index (χ4v) is 2.57. The summed E-state index contributed by atoms with van der Waals surface area (Å²) in [6, 6.07) is 0. The van der Waals surface area contributed by atoms with Crippen molar-refractivity contribution in [2.75, 3.05) is 27.2 Å². The van der Waals surface area contributed by atoms with Gasteiger partial charge in [0.1, 0.15) is 0 Å². The molecule has 1 aliphatic carbocycles. The monoisotopic (exact) mass is 257 g/mol. The first-order valence-corrected chi connectivity index (χ1v) is 7.06. The lowest BCUT2D eigenvalue weighted by Crippen LogP contribution is -2.52. The zero-order chi connectivity index (χ0) is 12.9. The second-order valence-electron chi connectivity index (χ2n) is 5.78. The van der Waals surface area contributed by atoms with E-state index in [0.29, 0.717) is 11.5 Å². The minimum absolute atomic E-state index is 0.309. The summed E-state index contributed by atoms with van der Waals surface area (Å²) in [5, 5.41) is 7.44. The van der Waals surface area contributed by atoms with Gasteiger partial charge in [0.2, 0.25) is 0 Å². The quantitative estimate of drug-likeness (QED) is 0.737. The Hall–Kier alpha value is -0.350. The van der Waals surface area contributed by atoms with Crippen molar-refractivity contribution in [2.45, 2.75) is 45.1 Å². The number of thiocarbonyl (C=S) groups is 1. The summed E-state index contributed by atoms with van der Waals surface area (Å²) in [5.41, 5.74) is 0.309. The number of hydrogen-bond acceptors (Lipinski definition) is 2. The molecule has 100 valence electrons. The van der Waals surface area contributed by atoms with Gasteiger partial charge in [0, 0.05) is 18.6 Å². The Morgan fingerprint density at radius 3 is 2.29 bits per heavy atom. The number of nitrogens with zero attached hydrogens (tertiary/aromatic N) is 1. The lowest BCUT2D eigenvalue weighted by Gasteiger charge is -2.36. The van der Waals surface area contributed by atoms with E-state index in [0.717, 1.165) is 18.2 Å². The van der Waals surface area contributed by atoms with Crippen molar-refractivity contribution in [3.05, 3.63) is 0 Å². The molecule has 0 aromatic heterocycles. The topological polar surface area (TPSA) is 27.3 Å². The fourth-order valence-electron chi connectivity index (χ4n) is 2.42. The molecule has 1 fully saturated rings. The maximum Gasteiger partial charge on any atom is 0.166 e. The van der Waals surface area contributed by atoms with Crippen LogP contribution in [0, 0.1) is 5.92 Å². The molecule has 0 spiro atoms. The highest BCUT2D eigenvalue weighted by molar-refractivity contribution is 7.80. The number of hydrogen-bond donors (Lipinski definition) is 2. The van der Waals surface area contributed by atoms with E-state index in [4.69, 9.17) is 12.2 Å². The number of rotatable bonds is 5. The third-order valence-corrected chi connectivity index (χ3v) is 4.02. The minimum Gasteiger partial charge on any atom is -0.362 e. The smallest absolute Gasteiger partial charge is 0.166 e. The van der Waals surface area contributed by atoms with Crippen LogP contribution in [0.25, 0.3) is 0 Å². The average Bonchev–Trinajstić information content (AvgIpc) is 2.73. The molecule has 0 atom stereocenters. The molecular weight excluding hydrogens is 230 g/mol. The molecule has 0 aromatic carbocycles. The summed E-state index contributed by atoms with van der Waals surface area (Å²) in [7, 11) is 4.36. The summed E-state index contributed by atoms with van der Waals surface area (Å²) in [6.07, 6.45) is 5.23. The van der Waals surface area contributed by atoms with Gasteiger partial charge in [-0.25, -0.2) is 0 Å². The standard InChI is InChI=1S/C13H27N3S/c1-11(2)9-14-12(17)15-10-13(16(3)4)7-5-6-8-13/h11H,5-10H2,1-4H3,(H2,14,15,17).